The summed E-state index contributed by atoms with van der Waals surface area (Å²) in [6.07, 6.45) is 1.54. The molecule has 0 radical (unpaired) electrons. The fourth-order valence-electron chi connectivity index (χ4n) is 1.82. The summed E-state index contributed by atoms with van der Waals surface area (Å²) in [5.74, 6) is 0.399. The number of anilines is 1. The molecule has 0 spiro atoms. The number of aryl methyl sites for hydroxylation is 1. The summed E-state index contributed by atoms with van der Waals surface area (Å²) in [6.45, 7) is 2.29. The van der Waals surface area contributed by atoms with E-state index in [-0.39, 0.29) is 19.0 Å². The Kier molecular flexibility index (Phi) is 4.31. The van der Waals surface area contributed by atoms with Gasteiger partial charge in [-0.15, -0.1) is 5.10 Å². The first-order chi connectivity index (χ1) is 9.63. The Bertz CT molecular complexity index is 609. The van der Waals surface area contributed by atoms with Gasteiger partial charge >= 0.3 is 0 Å². The number of ether oxygens (including phenoxy) is 1. The number of nitrogens with one attached hydrogen (secondary N) is 1. The Morgan fingerprint density at radius 1 is 1.50 bits per heavy atom. The third kappa shape index (κ3) is 3.12. The van der Waals surface area contributed by atoms with Crippen molar-refractivity contribution in [1.82, 2.24) is 15.0 Å². The highest BCUT2D eigenvalue weighted by Gasteiger charge is 2.11. The molecular weight excluding hydrogens is 258 g/mol. The van der Waals surface area contributed by atoms with E-state index in [1.54, 1.807) is 13.3 Å². The number of nitrogens with two attached hydrogens (primary N) is 1. The number of nitrogens with zero attached hydrogens (tertiary/aromatic N) is 3. The molecular formula is C13H17N5O2. The lowest BCUT2D eigenvalue weighted by molar-refractivity contribution is -0.117. The molecule has 1 amide bonds. The van der Waals surface area contributed by atoms with Crippen LogP contribution in [0.25, 0.3) is 0 Å². The average Bonchev–Trinajstić information content (AvgIpc) is 2.86. The minimum Gasteiger partial charge on any atom is -0.495 e. The SMILES string of the molecule is COc1ccc(C)cc1NC(=O)Cn1nncc1CN. The normalized spacial score (nSPS) is 10.3. The highest BCUT2D eigenvalue weighted by Crippen LogP contribution is 2.25. The molecule has 0 aliphatic heterocycles. The van der Waals surface area contributed by atoms with E-state index in [2.05, 4.69) is 15.6 Å². The van der Waals surface area contributed by atoms with E-state index in [0.717, 1.165) is 5.56 Å². The molecule has 0 aliphatic carbocycles. The molecule has 106 valence electrons. The topological polar surface area (TPSA) is 95.1 Å². The van der Waals surface area contributed by atoms with Crippen LogP contribution < -0.4 is 15.8 Å². The summed E-state index contributed by atoms with van der Waals surface area (Å²) >= 11 is 0. The molecule has 0 fully saturated rings. The summed E-state index contributed by atoms with van der Waals surface area (Å²) in [7, 11) is 1.56. The molecule has 1 aromatic carbocycles. The van der Waals surface area contributed by atoms with Gasteiger partial charge in [-0.25, -0.2) is 4.68 Å². The van der Waals surface area contributed by atoms with Crippen molar-refractivity contribution < 1.29 is 9.53 Å². The van der Waals surface area contributed by atoms with Crippen LogP contribution >= 0.6 is 0 Å². The van der Waals surface area contributed by atoms with Gasteiger partial charge in [-0.1, -0.05) is 11.3 Å². The van der Waals surface area contributed by atoms with Gasteiger partial charge in [0, 0.05) is 6.54 Å². The van der Waals surface area contributed by atoms with Crippen LogP contribution in [0.15, 0.2) is 24.4 Å². The minimum atomic E-state index is -0.214. The molecule has 20 heavy (non-hydrogen) atoms. The fraction of sp³-hybridized carbons (Fsp3) is 0.308. The van der Waals surface area contributed by atoms with E-state index in [1.165, 1.54) is 4.68 Å². The van der Waals surface area contributed by atoms with Crippen LogP contribution in [0.1, 0.15) is 11.3 Å². The molecule has 2 aromatic rings. The summed E-state index contributed by atoms with van der Waals surface area (Å²) < 4.78 is 6.68. The Balaban J connectivity index is 2.10. The van der Waals surface area contributed by atoms with E-state index >= 15 is 0 Å². The molecule has 0 bridgehead atoms. The quantitative estimate of drug-likeness (QED) is 0.837. The van der Waals surface area contributed by atoms with Crippen LogP contribution in [0.5, 0.6) is 5.75 Å². The van der Waals surface area contributed by atoms with Gasteiger partial charge in [-0.05, 0) is 24.6 Å². The molecule has 0 unspecified atom stereocenters. The van der Waals surface area contributed by atoms with Crippen LogP contribution in [-0.4, -0.2) is 28.0 Å². The maximum atomic E-state index is 12.0. The third-order valence-electron chi connectivity index (χ3n) is 2.83. The zero-order valence-electron chi connectivity index (χ0n) is 11.5. The van der Waals surface area contributed by atoms with Gasteiger partial charge < -0.3 is 15.8 Å². The average molecular weight is 275 g/mol. The van der Waals surface area contributed by atoms with Gasteiger partial charge in [0.2, 0.25) is 5.91 Å². The Morgan fingerprint density at radius 3 is 3.00 bits per heavy atom. The molecule has 1 aromatic heterocycles. The smallest absolute Gasteiger partial charge is 0.246 e. The summed E-state index contributed by atoms with van der Waals surface area (Å²) in [5, 5.41) is 10.4. The zero-order valence-corrected chi connectivity index (χ0v) is 11.5. The largest absolute Gasteiger partial charge is 0.495 e. The van der Waals surface area contributed by atoms with E-state index in [1.807, 2.05) is 25.1 Å². The lowest BCUT2D eigenvalue weighted by atomic mass is 10.2. The van der Waals surface area contributed by atoms with Gasteiger partial charge in [0.05, 0.1) is 24.7 Å². The second-order valence-corrected chi connectivity index (χ2v) is 4.34. The van der Waals surface area contributed by atoms with Crippen LogP contribution in [0.4, 0.5) is 5.69 Å². The standard InChI is InChI=1S/C13H17N5O2/c1-9-3-4-12(20-2)11(5-9)16-13(19)8-18-10(6-14)7-15-17-18/h3-5,7H,6,8,14H2,1-2H3,(H,16,19). The van der Waals surface area contributed by atoms with E-state index in [9.17, 15) is 4.79 Å². The monoisotopic (exact) mass is 275 g/mol. The molecule has 7 nitrogen and oxygen atoms in total. The van der Waals surface area contributed by atoms with Crippen LogP contribution in [0.3, 0.4) is 0 Å². The zero-order chi connectivity index (χ0) is 14.5. The van der Waals surface area contributed by atoms with Crippen molar-refractivity contribution >= 4 is 11.6 Å². The summed E-state index contributed by atoms with van der Waals surface area (Å²) in [5.41, 5.74) is 7.90. The summed E-state index contributed by atoms with van der Waals surface area (Å²) in [4.78, 5) is 12.0. The first-order valence-electron chi connectivity index (χ1n) is 6.16. The van der Waals surface area contributed by atoms with Crippen molar-refractivity contribution in [2.75, 3.05) is 12.4 Å². The molecule has 0 saturated heterocycles. The number of methoxy groups -OCH3 is 1. The third-order valence-corrected chi connectivity index (χ3v) is 2.83. The fourth-order valence-corrected chi connectivity index (χ4v) is 1.82. The van der Waals surface area contributed by atoms with Crippen LogP contribution in [-0.2, 0) is 17.9 Å². The number of hydrogen-bond donors (Lipinski definition) is 2. The molecule has 0 atom stereocenters. The molecule has 2 rings (SSSR count). The second-order valence-electron chi connectivity index (χ2n) is 4.34. The van der Waals surface area contributed by atoms with Gasteiger partial charge in [0.1, 0.15) is 12.3 Å². The predicted octanol–water partition coefficient (Wildman–Crippen LogP) is 0.693. The number of rotatable bonds is 5. The van der Waals surface area contributed by atoms with E-state index in [4.69, 9.17) is 10.5 Å². The van der Waals surface area contributed by atoms with Crippen molar-refractivity contribution in [3.05, 3.63) is 35.7 Å². The van der Waals surface area contributed by atoms with Crippen molar-refractivity contribution in [1.29, 1.82) is 0 Å². The summed E-state index contributed by atoms with van der Waals surface area (Å²) in [6, 6.07) is 5.58. The maximum absolute atomic E-state index is 12.0. The lowest BCUT2D eigenvalue weighted by Gasteiger charge is -2.11. The first kappa shape index (κ1) is 14.0. The van der Waals surface area contributed by atoms with Crippen molar-refractivity contribution in [3.63, 3.8) is 0 Å². The number of aromatic nitrogens is 3. The maximum Gasteiger partial charge on any atom is 0.246 e. The van der Waals surface area contributed by atoms with Crippen molar-refractivity contribution in [2.24, 2.45) is 5.73 Å². The van der Waals surface area contributed by atoms with Crippen molar-refractivity contribution in [2.45, 2.75) is 20.0 Å². The number of hydrogen-bond acceptors (Lipinski definition) is 5. The predicted molar refractivity (Wildman–Crippen MR) is 74.3 cm³/mol. The van der Waals surface area contributed by atoms with Crippen LogP contribution in [0.2, 0.25) is 0 Å². The Morgan fingerprint density at radius 2 is 2.30 bits per heavy atom. The number of carbonyl (C=O) groups is 1. The Labute approximate surface area is 116 Å². The van der Waals surface area contributed by atoms with E-state index in [0.29, 0.717) is 17.1 Å². The number of carbonyl (C=O) groups excluding carboxylic acids is 1. The second kappa shape index (κ2) is 6.16. The van der Waals surface area contributed by atoms with Crippen molar-refractivity contribution in [3.8, 4) is 5.75 Å². The van der Waals surface area contributed by atoms with Crippen LogP contribution in [0, 0.1) is 6.92 Å². The Hall–Kier alpha value is -2.41. The minimum absolute atomic E-state index is 0.0592. The molecule has 0 saturated carbocycles. The highest BCUT2D eigenvalue weighted by molar-refractivity contribution is 5.92. The lowest BCUT2D eigenvalue weighted by Crippen LogP contribution is -2.22. The van der Waals surface area contributed by atoms with Gasteiger partial charge in [0.15, 0.2) is 0 Å². The first-order valence-corrected chi connectivity index (χ1v) is 6.16. The molecule has 3 N–H and O–H groups in total. The highest BCUT2D eigenvalue weighted by atomic mass is 16.5. The molecule has 1 heterocycles. The molecule has 0 aliphatic rings. The van der Waals surface area contributed by atoms with E-state index < -0.39 is 0 Å². The number of amides is 1. The van der Waals surface area contributed by atoms with Gasteiger partial charge in [0.25, 0.3) is 0 Å². The molecule has 7 heteroatoms. The van der Waals surface area contributed by atoms with Gasteiger partial charge in [-0.3, -0.25) is 4.79 Å². The number of benzene rings is 1. The van der Waals surface area contributed by atoms with Gasteiger partial charge in [-0.2, -0.15) is 0 Å².